The SMILES string of the molecule is CCc1ccccc1NC(=O)OCCCc1cnc[nH]1. The van der Waals surface area contributed by atoms with E-state index in [0.29, 0.717) is 6.61 Å². The molecule has 1 heterocycles. The minimum Gasteiger partial charge on any atom is -0.449 e. The Kier molecular flexibility index (Phi) is 5.17. The predicted molar refractivity (Wildman–Crippen MR) is 77.7 cm³/mol. The van der Waals surface area contributed by atoms with Gasteiger partial charge in [-0.1, -0.05) is 25.1 Å². The fourth-order valence-corrected chi connectivity index (χ4v) is 1.95. The maximum atomic E-state index is 11.7. The molecule has 0 saturated carbocycles. The molecule has 0 saturated heterocycles. The molecule has 106 valence electrons. The minimum atomic E-state index is -0.407. The molecule has 20 heavy (non-hydrogen) atoms. The molecule has 2 rings (SSSR count). The lowest BCUT2D eigenvalue weighted by Crippen LogP contribution is -2.15. The summed E-state index contributed by atoms with van der Waals surface area (Å²) in [6, 6.07) is 7.73. The van der Waals surface area contributed by atoms with Gasteiger partial charge in [0.15, 0.2) is 0 Å². The Bertz CT molecular complexity index is 538. The first-order valence-electron chi connectivity index (χ1n) is 6.78. The lowest BCUT2D eigenvalue weighted by Gasteiger charge is -2.10. The molecule has 0 unspecified atom stereocenters. The Hall–Kier alpha value is -2.30. The topological polar surface area (TPSA) is 67.0 Å². The highest BCUT2D eigenvalue weighted by Gasteiger charge is 2.06. The smallest absolute Gasteiger partial charge is 0.411 e. The van der Waals surface area contributed by atoms with Crippen molar-refractivity contribution in [2.24, 2.45) is 0 Å². The molecule has 2 N–H and O–H groups in total. The van der Waals surface area contributed by atoms with Gasteiger partial charge in [-0.15, -0.1) is 0 Å². The zero-order chi connectivity index (χ0) is 14.2. The lowest BCUT2D eigenvalue weighted by atomic mass is 10.1. The van der Waals surface area contributed by atoms with Gasteiger partial charge in [-0.25, -0.2) is 9.78 Å². The summed E-state index contributed by atoms with van der Waals surface area (Å²) in [5.41, 5.74) is 2.96. The van der Waals surface area contributed by atoms with E-state index in [1.807, 2.05) is 24.3 Å². The third-order valence-electron chi connectivity index (χ3n) is 3.01. The van der Waals surface area contributed by atoms with Crippen LogP contribution in [0.5, 0.6) is 0 Å². The van der Waals surface area contributed by atoms with E-state index in [2.05, 4.69) is 22.2 Å². The van der Waals surface area contributed by atoms with Crippen molar-refractivity contribution in [3.05, 3.63) is 48.0 Å². The van der Waals surface area contributed by atoms with Crippen molar-refractivity contribution in [1.29, 1.82) is 0 Å². The molecule has 0 fully saturated rings. The van der Waals surface area contributed by atoms with Gasteiger partial charge in [0, 0.05) is 17.6 Å². The average Bonchev–Trinajstić information content (AvgIpc) is 2.97. The van der Waals surface area contributed by atoms with Crippen molar-refractivity contribution < 1.29 is 9.53 Å². The number of anilines is 1. The van der Waals surface area contributed by atoms with Gasteiger partial charge in [0.1, 0.15) is 0 Å². The Balaban J connectivity index is 1.72. The van der Waals surface area contributed by atoms with Crippen molar-refractivity contribution in [2.75, 3.05) is 11.9 Å². The molecule has 1 aromatic heterocycles. The molecule has 1 aromatic carbocycles. The number of ether oxygens (including phenoxy) is 1. The second-order valence-corrected chi connectivity index (χ2v) is 4.45. The van der Waals surface area contributed by atoms with Crippen LogP contribution in [-0.4, -0.2) is 22.7 Å². The first-order chi connectivity index (χ1) is 9.79. The van der Waals surface area contributed by atoms with E-state index in [4.69, 9.17) is 4.74 Å². The molecule has 0 aliphatic rings. The standard InChI is InChI=1S/C15H19N3O2/c1-2-12-6-3-4-8-14(12)18-15(19)20-9-5-7-13-10-16-11-17-13/h3-4,6,8,10-11H,2,5,7,9H2,1H3,(H,16,17)(H,18,19). The van der Waals surface area contributed by atoms with E-state index in [0.717, 1.165) is 36.2 Å². The van der Waals surface area contributed by atoms with Crippen LogP contribution in [-0.2, 0) is 17.6 Å². The summed E-state index contributed by atoms with van der Waals surface area (Å²) in [6.45, 7) is 2.44. The van der Waals surface area contributed by atoms with Crippen LogP contribution >= 0.6 is 0 Å². The maximum absolute atomic E-state index is 11.7. The molecular weight excluding hydrogens is 254 g/mol. The molecule has 0 aliphatic heterocycles. The molecule has 0 radical (unpaired) electrons. The Morgan fingerprint density at radius 1 is 1.40 bits per heavy atom. The third kappa shape index (κ3) is 4.12. The minimum absolute atomic E-state index is 0.388. The number of nitrogens with one attached hydrogen (secondary N) is 2. The van der Waals surface area contributed by atoms with E-state index in [9.17, 15) is 4.79 Å². The van der Waals surface area contributed by atoms with Crippen LogP contribution in [0, 0.1) is 0 Å². The number of H-pyrrole nitrogens is 1. The van der Waals surface area contributed by atoms with E-state index < -0.39 is 6.09 Å². The van der Waals surface area contributed by atoms with Crippen molar-refractivity contribution >= 4 is 11.8 Å². The number of nitrogens with zero attached hydrogens (tertiary/aromatic N) is 1. The molecule has 0 atom stereocenters. The zero-order valence-corrected chi connectivity index (χ0v) is 11.6. The number of carbonyl (C=O) groups excluding carboxylic acids is 1. The van der Waals surface area contributed by atoms with Crippen molar-refractivity contribution in [3.63, 3.8) is 0 Å². The van der Waals surface area contributed by atoms with Crippen molar-refractivity contribution in [3.8, 4) is 0 Å². The number of aryl methyl sites for hydroxylation is 2. The molecular formula is C15H19N3O2. The predicted octanol–water partition coefficient (Wildman–Crippen LogP) is 3.15. The number of carbonyl (C=O) groups is 1. The van der Waals surface area contributed by atoms with Gasteiger partial charge in [0.2, 0.25) is 0 Å². The molecule has 2 aromatic rings. The van der Waals surface area contributed by atoms with Gasteiger partial charge in [0.05, 0.1) is 12.9 Å². The van der Waals surface area contributed by atoms with Crippen molar-refractivity contribution in [2.45, 2.75) is 26.2 Å². The third-order valence-corrected chi connectivity index (χ3v) is 3.01. The quantitative estimate of drug-likeness (QED) is 0.794. The van der Waals surface area contributed by atoms with Gasteiger partial charge in [-0.05, 0) is 30.9 Å². The lowest BCUT2D eigenvalue weighted by molar-refractivity contribution is 0.160. The summed E-state index contributed by atoms with van der Waals surface area (Å²) in [6.07, 6.45) is 5.47. The second-order valence-electron chi connectivity index (χ2n) is 4.45. The number of amides is 1. The summed E-state index contributed by atoms with van der Waals surface area (Å²) in [7, 11) is 0. The second kappa shape index (κ2) is 7.33. The summed E-state index contributed by atoms with van der Waals surface area (Å²) in [4.78, 5) is 18.6. The van der Waals surface area contributed by atoms with Crippen LogP contribution in [0.4, 0.5) is 10.5 Å². The summed E-state index contributed by atoms with van der Waals surface area (Å²) >= 11 is 0. The highest BCUT2D eigenvalue weighted by atomic mass is 16.5. The van der Waals surface area contributed by atoms with Crippen LogP contribution in [0.25, 0.3) is 0 Å². The molecule has 5 nitrogen and oxygen atoms in total. The monoisotopic (exact) mass is 273 g/mol. The number of rotatable bonds is 6. The first-order valence-corrected chi connectivity index (χ1v) is 6.78. The fraction of sp³-hybridized carbons (Fsp3) is 0.333. The van der Waals surface area contributed by atoms with Gasteiger partial charge >= 0.3 is 6.09 Å². The Morgan fingerprint density at radius 3 is 3.00 bits per heavy atom. The number of imidazole rings is 1. The maximum Gasteiger partial charge on any atom is 0.411 e. The highest BCUT2D eigenvalue weighted by Crippen LogP contribution is 2.15. The normalized spacial score (nSPS) is 10.2. The van der Waals surface area contributed by atoms with Crippen LogP contribution in [0.15, 0.2) is 36.8 Å². The first kappa shape index (κ1) is 14.1. The van der Waals surface area contributed by atoms with Crippen molar-refractivity contribution in [1.82, 2.24) is 9.97 Å². The summed E-state index contributed by atoms with van der Waals surface area (Å²) < 4.78 is 5.16. The summed E-state index contributed by atoms with van der Waals surface area (Å²) in [5, 5.41) is 2.77. The summed E-state index contributed by atoms with van der Waals surface area (Å²) in [5.74, 6) is 0. The van der Waals surface area contributed by atoms with Gasteiger partial charge in [-0.2, -0.15) is 0 Å². The van der Waals surface area contributed by atoms with E-state index in [-0.39, 0.29) is 0 Å². The number of benzene rings is 1. The fourth-order valence-electron chi connectivity index (χ4n) is 1.95. The molecule has 0 spiro atoms. The zero-order valence-electron chi connectivity index (χ0n) is 11.6. The Morgan fingerprint density at radius 2 is 2.25 bits per heavy atom. The van der Waals surface area contributed by atoms with E-state index >= 15 is 0 Å². The van der Waals surface area contributed by atoms with Crippen LogP contribution in [0.1, 0.15) is 24.6 Å². The van der Waals surface area contributed by atoms with Crippen LogP contribution < -0.4 is 5.32 Å². The number of hydrogen-bond acceptors (Lipinski definition) is 3. The number of aromatic amines is 1. The number of aromatic nitrogens is 2. The average molecular weight is 273 g/mol. The number of para-hydroxylation sites is 1. The largest absolute Gasteiger partial charge is 0.449 e. The van der Waals surface area contributed by atoms with E-state index in [1.165, 1.54) is 0 Å². The van der Waals surface area contributed by atoms with Gasteiger partial charge in [0.25, 0.3) is 0 Å². The molecule has 5 heteroatoms. The molecule has 0 bridgehead atoms. The molecule has 0 aliphatic carbocycles. The number of hydrogen-bond donors (Lipinski definition) is 2. The highest BCUT2D eigenvalue weighted by molar-refractivity contribution is 5.85. The van der Waals surface area contributed by atoms with Crippen LogP contribution in [0.2, 0.25) is 0 Å². The van der Waals surface area contributed by atoms with Gasteiger partial charge < -0.3 is 9.72 Å². The van der Waals surface area contributed by atoms with E-state index in [1.54, 1.807) is 12.5 Å². The van der Waals surface area contributed by atoms with Gasteiger partial charge in [-0.3, -0.25) is 5.32 Å². The molecule has 1 amide bonds. The van der Waals surface area contributed by atoms with Crippen LogP contribution in [0.3, 0.4) is 0 Å². The Labute approximate surface area is 118 Å².